The second-order valence-electron chi connectivity index (χ2n) is 7.88. The molecular weight excluding hydrogens is 561 g/mol. The van der Waals surface area contributed by atoms with Crippen LogP contribution in [0, 0.1) is 6.92 Å². The average Bonchev–Trinajstić information content (AvgIpc) is 2.82. The van der Waals surface area contributed by atoms with Gasteiger partial charge in [0.2, 0.25) is 3.79 Å². The van der Waals surface area contributed by atoms with Gasteiger partial charge in [-0.3, -0.25) is 9.59 Å². The van der Waals surface area contributed by atoms with Gasteiger partial charge in [-0.1, -0.05) is 60.3 Å². The Kier molecular flexibility index (Phi) is 13.9. The molecule has 2 aromatic rings. The zero-order valence-electron chi connectivity index (χ0n) is 21.2. The van der Waals surface area contributed by atoms with E-state index in [0.29, 0.717) is 23.6 Å². The fraction of sp³-hybridized carbons (Fsp3) is 0.400. The number of carbonyl (C=O) groups excluding carboxylic acids is 2. The van der Waals surface area contributed by atoms with Gasteiger partial charge in [-0.15, -0.1) is 0 Å². The number of phenols is 1. The van der Waals surface area contributed by atoms with Crippen LogP contribution in [0.3, 0.4) is 0 Å². The van der Waals surface area contributed by atoms with E-state index in [-0.39, 0.29) is 17.2 Å². The third-order valence-electron chi connectivity index (χ3n) is 4.77. The maximum absolute atomic E-state index is 12.0. The molecule has 1 atom stereocenters. The smallest absolute Gasteiger partial charge is 0.257 e. The predicted molar refractivity (Wildman–Crippen MR) is 151 cm³/mol. The van der Waals surface area contributed by atoms with Gasteiger partial charge < -0.3 is 24.8 Å². The highest BCUT2D eigenvalue weighted by Gasteiger charge is 2.35. The van der Waals surface area contributed by atoms with E-state index in [9.17, 15) is 14.7 Å². The Bertz CT molecular complexity index is 1120. The number of nitrogens with one attached hydrogen (secondary N) is 1. The summed E-state index contributed by atoms with van der Waals surface area (Å²) >= 11 is 21.9. The van der Waals surface area contributed by atoms with Crippen LogP contribution in [-0.4, -0.2) is 64.8 Å². The fourth-order valence-electron chi connectivity index (χ4n) is 2.97. The molecule has 0 saturated heterocycles. The maximum atomic E-state index is 12.0. The number of hydrogen-bond donors (Lipinski definition) is 2. The molecular formula is C25H30Cl3N3O5S. The zero-order valence-corrected chi connectivity index (χ0v) is 24.3. The molecule has 0 heterocycles. The fourth-order valence-corrected chi connectivity index (χ4v) is 3.43. The number of phenolic OH excluding ortho intramolecular Hbond substituents is 1. The maximum Gasteiger partial charge on any atom is 0.257 e. The number of alkyl halides is 3. The van der Waals surface area contributed by atoms with Crippen molar-refractivity contribution < 1.29 is 24.2 Å². The van der Waals surface area contributed by atoms with Crippen LogP contribution in [-0.2, 0) is 4.74 Å². The van der Waals surface area contributed by atoms with E-state index in [2.05, 4.69) is 27.7 Å². The van der Waals surface area contributed by atoms with Crippen molar-refractivity contribution in [3.8, 4) is 11.5 Å². The molecule has 0 saturated carbocycles. The number of aromatic hydroxyl groups is 1. The molecule has 0 aliphatic rings. The lowest BCUT2D eigenvalue weighted by molar-refractivity contribution is 0.0285. The molecule has 0 spiro atoms. The van der Waals surface area contributed by atoms with Crippen molar-refractivity contribution in [3.05, 3.63) is 53.1 Å². The molecule has 202 valence electrons. The molecule has 0 aromatic heterocycles. The van der Waals surface area contributed by atoms with Crippen LogP contribution < -0.4 is 10.1 Å². The van der Waals surface area contributed by atoms with Crippen molar-refractivity contribution in [1.29, 1.82) is 0 Å². The Morgan fingerprint density at radius 3 is 2.38 bits per heavy atom. The highest BCUT2D eigenvalue weighted by molar-refractivity contribution is 7.78. The van der Waals surface area contributed by atoms with E-state index in [1.54, 1.807) is 38.4 Å². The van der Waals surface area contributed by atoms with E-state index in [0.717, 1.165) is 18.4 Å². The minimum Gasteiger partial charge on any atom is -0.507 e. The first-order valence-electron chi connectivity index (χ1n) is 11.1. The molecule has 8 nitrogen and oxygen atoms in total. The first-order chi connectivity index (χ1) is 17.4. The summed E-state index contributed by atoms with van der Waals surface area (Å²) in [6, 6.07) is 9.54. The van der Waals surface area contributed by atoms with Gasteiger partial charge in [-0.25, -0.2) is 0 Å². The third kappa shape index (κ3) is 10.5. The number of thiocarbonyl (C=S) groups is 1. The summed E-state index contributed by atoms with van der Waals surface area (Å²) < 4.78 is 8.82. The number of unbranched alkanes of at least 4 members (excludes halogenated alkanes) is 1. The van der Waals surface area contributed by atoms with Crippen LogP contribution in [0.15, 0.2) is 41.4 Å². The Balaban J connectivity index is 0.000000375. The minimum atomic E-state index is -1.80. The SMILES string of the molecule is CCCCOC(NC(=O)c1ccccc1O)C(Cl)(Cl)Cl.COc1c(C)cc(N=C=S)cc1C(=O)N(C)C. The topological polar surface area (TPSA) is 100 Å². The molecule has 2 aromatic carbocycles. The lowest BCUT2D eigenvalue weighted by Crippen LogP contribution is -2.45. The first kappa shape index (κ1) is 32.6. The van der Waals surface area contributed by atoms with Crippen LogP contribution in [0.2, 0.25) is 0 Å². The number of aliphatic imine (C=N–C) groups is 1. The van der Waals surface area contributed by atoms with Crippen LogP contribution >= 0.6 is 47.0 Å². The normalized spacial score (nSPS) is 11.4. The molecule has 37 heavy (non-hydrogen) atoms. The highest BCUT2D eigenvalue weighted by atomic mass is 35.6. The van der Waals surface area contributed by atoms with Gasteiger partial charge >= 0.3 is 0 Å². The second-order valence-corrected chi connectivity index (χ2v) is 10.4. The van der Waals surface area contributed by atoms with Gasteiger partial charge in [0.1, 0.15) is 11.5 Å². The second kappa shape index (κ2) is 15.8. The van der Waals surface area contributed by atoms with Gasteiger partial charge in [0.25, 0.3) is 11.8 Å². The first-order valence-corrected chi connectivity index (χ1v) is 12.7. The van der Waals surface area contributed by atoms with E-state index in [4.69, 9.17) is 44.3 Å². The number of carbonyl (C=O) groups is 2. The molecule has 0 bridgehead atoms. The number of methoxy groups -OCH3 is 1. The number of para-hydroxylation sites is 1. The average molecular weight is 591 g/mol. The minimum absolute atomic E-state index is 0.0887. The summed E-state index contributed by atoms with van der Waals surface area (Å²) in [7, 11) is 4.91. The summed E-state index contributed by atoms with van der Waals surface area (Å²) in [4.78, 5) is 29.4. The molecule has 0 fully saturated rings. The summed E-state index contributed by atoms with van der Waals surface area (Å²) in [6.45, 7) is 4.21. The number of nitrogens with zero attached hydrogens (tertiary/aromatic N) is 2. The van der Waals surface area contributed by atoms with Crippen molar-refractivity contribution in [2.24, 2.45) is 4.99 Å². The van der Waals surface area contributed by atoms with Crippen LogP contribution in [0.25, 0.3) is 0 Å². The molecule has 0 radical (unpaired) electrons. The van der Waals surface area contributed by atoms with Crippen molar-refractivity contribution in [1.82, 2.24) is 10.2 Å². The number of rotatable bonds is 9. The van der Waals surface area contributed by atoms with Gasteiger partial charge in [0.15, 0.2) is 6.23 Å². The Morgan fingerprint density at radius 2 is 1.86 bits per heavy atom. The molecule has 0 aliphatic heterocycles. The van der Waals surface area contributed by atoms with E-state index in [1.807, 2.05) is 13.8 Å². The number of isothiocyanates is 1. The number of halogens is 3. The van der Waals surface area contributed by atoms with Gasteiger partial charge in [-0.2, -0.15) is 4.99 Å². The number of benzene rings is 2. The molecule has 1 unspecified atom stereocenters. The number of hydrogen-bond acceptors (Lipinski definition) is 7. The Hall–Kier alpha value is -2.39. The summed E-state index contributed by atoms with van der Waals surface area (Å²) in [5, 5.41) is 14.4. The van der Waals surface area contributed by atoms with Crippen LogP contribution in [0.1, 0.15) is 46.0 Å². The predicted octanol–water partition coefficient (Wildman–Crippen LogP) is 6.07. The Morgan fingerprint density at radius 1 is 1.22 bits per heavy atom. The van der Waals surface area contributed by atoms with Crippen LogP contribution in [0.5, 0.6) is 11.5 Å². The molecule has 0 aliphatic carbocycles. The third-order valence-corrected chi connectivity index (χ3v) is 5.45. The summed E-state index contributed by atoms with van der Waals surface area (Å²) in [6.07, 6.45) is 0.607. The number of amides is 2. The summed E-state index contributed by atoms with van der Waals surface area (Å²) in [5.41, 5.74) is 2.00. The lowest BCUT2D eigenvalue weighted by atomic mass is 10.1. The monoisotopic (exact) mass is 589 g/mol. The quantitative estimate of drug-likeness (QED) is 0.121. The van der Waals surface area contributed by atoms with Crippen LogP contribution in [0.4, 0.5) is 5.69 Å². The van der Waals surface area contributed by atoms with E-state index >= 15 is 0 Å². The molecule has 2 rings (SSSR count). The van der Waals surface area contributed by atoms with Gasteiger partial charge in [-0.05, 0) is 55.4 Å². The highest BCUT2D eigenvalue weighted by Crippen LogP contribution is 2.32. The van der Waals surface area contributed by atoms with E-state index < -0.39 is 15.9 Å². The van der Waals surface area contributed by atoms with Crippen molar-refractivity contribution in [2.75, 3.05) is 27.8 Å². The van der Waals surface area contributed by atoms with Crippen molar-refractivity contribution >= 4 is 69.7 Å². The number of aryl methyl sites for hydroxylation is 1. The van der Waals surface area contributed by atoms with Gasteiger partial charge in [0.05, 0.1) is 29.1 Å². The van der Waals surface area contributed by atoms with E-state index in [1.165, 1.54) is 24.1 Å². The summed E-state index contributed by atoms with van der Waals surface area (Å²) in [5.74, 6) is -0.295. The Labute approximate surface area is 237 Å². The lowest BCUT2D eigenvalue weighted by Gasteiger charge is -2.25. The number of ether oxygens (including phenoxy) is 2. The molecule has 2 N–H and O–H groups in total. The van der Waals surface area contributed by atoms with Crippen molar-refractivity contribution in [2.45, 2.75) is 36.7 Å². The zero-order chi connectivity index (χ0) is 28.2. The van der Waals surface area contributed by atoms with Crippen molar-refractivity contribution in [3.63, 3.8) is 0 Å². The molecule has 2 amide bonds. The standard InChI is InChI=1S/C13H16Cl3NO3.C12H14N2O2S/c1-2-3-8-20-12(13(14,15)16)17-11(19)9-6-4-5-7-10(9)18;1-8-5-9(13-7-17)6-10(11(8)16-4)12(15)14(2)3/h4-7,12,18H,2-3,8H2,1H3,(H,17,19);5-6H,1-4H3. The largest absolute Gasteiger partial charge is 0.507 e. The van der Waals surface area contributed by atoms with Gasteiger partial charge in [0, 0.05) is 20.7 Å². The molecule has 12 heteroatoms.